The fourth-order valence-corrected chi connectivity index (χ4v) is 1.97. The minimum Gasteiger partial charge on any atom is -0.383 e. The predicted octanol–water partition coefficient (Wildman–Crippen LogP) is 2.10. The van der Waals surface area contributed by atoms with Gasteiger partial charge in [0.05, 0.1) is 9.90 Å². The monoisotopic (exact) mass is 359 g/mol. The standard InChI is InChI=1S/C12H11FIN3O/c13-9-2-1-3-10(6-9)16-4-5-17-8-15-7-11(14)12(17)18/h1-3,6-8,16H,4-5H2. The van der Waals surface area contributed by atoms with Crippen LogP contribution in [0.15, 0.2) is 41.6 Å². The molecule has 94 valence electrons. The molecule has 6 heteroatoms. The molecule has 0 spiro atoms. The summed E-state index contributed by atoms with van der Waals surface area (Å²) in [7, 11) is 0. The van der Waals surface area contributed by atoms with Crippen molar-refractivity contribution in [1.82, 2.24) is 9.55 Å². The molecule has 0 aliphatic heterocycles. The number of aromatic nitrogens is 2. The van der Waals surface area contributed by atoms with Gasteiger partial charge < -0.3 is 5.32 Å². The van der Waals surface area contributed by atoms with Gasteiger partial charge >= 0.3 is 0 Å². The summed E-state index contributed by atoms with van der Waals surface area (Å²) in [4.78, 5) is 15.6. The predicted molar refractivity (Wildman–Crippen MR) is 76.1 cm³/mol. The van der Waals surface area contributed by atoms with Crippen molar-refractivity contribution in [2.24, 2.45) is 0 Å². The van der Waals surface area contributed by atoms with Gasteiger partial charge in [-0.1, -0.05) is 6.07 Å². The average molecular weight is 359 g/mol. The van der Waals surface area contributed by atoms with Crippen LogP contribution in [0.2, 0.25) is 0 Å². The quantitative estimate of drug-likeness (QED) is 0.851. The van der Waals surface area contributed by atoms with Crippen LogP contribution in [0.5, 0.6) is 0 Å². The van der Waals surface area contributed by atoms with E-state index in [2.05, 4.69) is 10.3 Å². The van der Waals surface area contributed by atoms with E-state index in [1.807, 2.05) is 22.6 Å². The lowest BCUT2D eigenvalue weighted by molar-refractivity contribution is 0.627. The first-order valence-electron chi connectivity index (χ1n) is 5.36. The van der Waals surface area contributed by atoms with Crippen LogP contribution in [-0.4, -0.2) is 16.1 Å². The maximum atomic E-state index is 12.9. The van der Waals surface area contributed by atoms with Gasteiger partial charge in [-0.25, -0.2) is 9.37 Å². The molecular formula is C12H11FIN3O. The second-order valence-electron chi connectivity index (χ2n) is 3.68. The second kappa shape index (κ2) is 5.94. The Morgan fingerprint density at radius 2 is 2.28 bits per heavy atom. The first-order chi connectivity index (χ1) is 8.66. The van der Waals surface area contributed by atoms with Crippen molar-refractivity contribution < 1.29 is 4.39 Å². The molecule has 0 aliphatic carbocycles. The summed E-state index contributed by atoms with van der Waals surface area (Å²) in [5.41, 5.74) is 0.633. The highest BCUT2D eigenvalue weighted by Gasteiger charge is 2.00. The third-order valence-electron chi connectivity index (χ3n) is 2.37. The van der Waals surface area contributed by atoms with E-state index < -0.39 is 0 Å². The minimum absolute atomic E-state index is 0.0633. The molecule has 0 saturated heterocycles. The Labute approximate surface area is 117 Å². The molecule has 0 fully saturated rings. The van der Waals surface area contributed by atoms with E-state index in [9.17, 15) is 9.18 Å². The second-order valence-corrected chi connectivity index (χ2v) is 4.84. The SMILES string of the molecule is O=c1c(I)cncn1CCNc1cccc(F)c1. The first-order valence-corrected chi connectivity index (χ1v) is 6.44. The molecule has 18 heavy (non-hydrogen) atoms. The fraction of sp³-hybridized carbons (Fsp3) is 0.167. The van der Waals surface area contributed by atoms with Gasteiger partial charge in [-0.3, -0.25) is 9.36 Å². The van der Waals surface area contributed by atoms with E-state index >= 15 is 0 Å². The van der Waals surface area contributed by atoms with E-state index in [4.69, 9.17) is 0 Å². The highest BCUT2D eigenvalue weighted by molar-refractivity contribution is 14.1. The van der Waals surface area contributed by atoms with Gasteiger partial charge in [-0.05, 0) is 40.8 Å². The van der Waals surface area contributed by atoms with Crippen molar-refractivity contribution >= 4 is 28.3 Å². The third kappa shape index (κ3) is 3.28. The van der Waals surface area contributed by atoms with Gasteiger partial charge in [0.2, 0.25) is 0 Å². The molecule has 4 nitrogen and oxygen atoms in total. The Morgan fingerprint density at radius 3 is 3.06 bits per heavy atom. The summed E-state index contributed by atoms with van der Waals surface area (Å²) in [5, 5.41) is 3.05. The Bertz CT molecular complexity index is 600. The summed E-state index contributed by atoms with van der Waals surface area (Å²) >= 11 is 1.95. The Balaban J connectivity index is 1.97. The molecule has 0 atom stereocenters. The smallest absolute Gasteiger partial charge is 0.266 e. The zero-order valence-corrected chi connectivity index (χ0v) is 11.6. The van der Waals surface area contributed by atoms with Crippen molar-refractivity contribution in [2.75, 3.05) is 11.9 Å². The number of hydrogen-bond donors (Lipinski definition) is 1. The van der Waals surface area contributed by atoms with Crippen molar-refractivity contribution in [3.63, 3.8) is 0 Å². The molecule has 0 radical (unpaired) electrons. The van der Waals surface area contributed by atoms with Gasteiger partial charge in [0.15, 0.2) is 0 Å². The number of hydrogen-bond acceptors (Lipinski definition) is 3. The molecule has 0 saturated carbocycles. The highest BCUT2D eigenvalue weighted by atomic mass is 127. The van der Waals surface area contributed by atoms with Crippen LogP contribution >= 0.6 is 22.6 Å². The highest BCUT2D eigenvalue weighted by Crippen LogP contribution is 2.08. The number of anilines is 1. The lowest BCUT2D eigenvalue weighted by Gasteiger charge is -2.08. The van der Waals surface area contributed by atoms with Gasteiger partial charge in [-0.2, -0.15) is 0 Å². The van der Waals surface area contributed by atoms with Crippen LogP contribution in [0.4, 0.5) is 10.1 Å². The van der Waals surface area contributed by atoms with E-state index in [0.29, 0.717) is 22.3 Å². The molecule has 0 aliphatic rings. The summed E-state index contributed by atoms with van der Waals surface area (Å²) in [6, 6.07) is 6.21. The van der Waals surface area contributed by atoms with Crippen LogP contribution < -0.4 is 10.9 Å². The zero-order valence-electron chi connectivity index (χ0n) is 9.44. The van der Waals surface area contributed by atoms with Crippen LogP contribution in [0, 0.1) is 9.39 Å². The van der Waals surface area contributed by atoms with Crippen molar-refractivity contribution in [3.05, 3.63) is 56.5 Å². The first kappa shape index (κ1) is 13.0. The molecule has 0 amide bonds. The topological polar surface area (TPSA) is 46.9 Å². The molecule has 0 bridgehead atoms. The van der Waals surface area contributed by atoms with Gasteiger partial charge in [-0.15, -0.1) is 0 Å². The van der Waals surface area contributed by atoms with Crippen LogP contribution in [0.3, 0.4) is 0 Å². The number of nitrogens with one attached hydrogen (secondary N) is 1. The summed E-state index contributed by atoms with van der Waals surface area (Å²) in [5.74, 6) is -0.284. The lowest BCUT2D eigenvalue weighted by atomic mass is 10.3. The molecular weight excluding hydrogens is 348 g/mol. The molecule has 1 heterocycles. The van der Waals surface area contributed by atoms with Crippen molar-refractivity contribution in [1.29, 1.82) is 0 Å². The Kier molecular flexibility index (Phi) is 4.29. The minimum atomic E-state index is -0.284. The van der Waals surface area contributed by atoms with E-state index in [1.54, 1.807) is 12.1 Å². The average Bonchev–Trinajstić information content (AvgIpc) is 2.35. The molecule has 2 rings (SSSR count). The number of rotatable bonds is 4. The third-order valence-corrected chi connectivity index (χ3v) is 3.11. The van der Waals surface area contributed by atoms with E-state index in [0.717, 1.165) is 0 Å². The summed E-state index contributed by atoms with van der Waals surface area (Å²) in [6.07, 6.45) is 3.02. The van der Waals surface area contributed by atoms with Gasteiger partial charge in [0.25, 0.3) is 5.56 Å². The van der Waals surface area contributed by atoms with Crippen LogP contribution in [0.25, 0.3) is 0 Å². The van der Waals surface area contributed by atoms with Crippen LogP contribution in [-0.2, 0) is 6.54 Å². The maximum absolute atomic E-state index is 12.9. The van der Waals surface area contributed by atoms with Gasteiger partial charge in [0, 0.05) is 25.0 Å². The van der Waals surface area contributed by atoms with E-state index in [-0.39, 0.29) is 11.4 Å². The van der Waals surface area contributed by atoms with Gasteiger partial charge in [0.1, 0.15) is 5.82 Å². The van der Waals surface area contributed by atoms with Crippen molar-refractivity contribution in [3.8, 4) is 0 Å². The number of benzene rings is 1. The van der Waals surface area contributed by atoms with Crippen LogP contribution in [0.1, 0.15) is 0 Å². The molecule has 0 unspecified atom stereocenters. The molecule has 2 aromatic rings. The zero-order chi connectivity index (χ0) is 13.0. The Hall–Kier alpha value is -1.44. The fourth-order valence-electron chi connectivity index (χ4n) is 1.50. The lowest BCUT2D eigenvalue weighted by Crippen LogP contribution is -2.25. The Morgan fingerprint density at radius 1 is 1.44 bits per heavy atom. The molecule has 1 aromatic carbocycles. The molecule has 1 aromatic heterocycles. The maximum Gasteiger partial charge on any atom is 0.266 e. The summed E-state index contributed by atoms with van der Waals surface area (Å²) < 4.78 is 15.0. The normalized spacial score (nSPS) is 10.3. The van der Waals surface area contributed by atoms with Crippen molar-refractivity contribution in [2.45, 2.75) is 6.54 Å². The largest absolute Gasteiger partial charge is 0.383 e. The molecule has 1 N–H and O–H groups in total. The summed E-state index contributed by atoms with van der Waals surface area (Å²) in [6.45, 7) is 1.02. The number of nitrogens with zero attached hydrogens (tertiary/aromatic N) is 2. The number of halogens is 2. The van der Waals surface area contributed by atoms with E-state index in [1.165, 1.54) is 29.2 Å².